The van der Waals surface area contributed by atoms with E-state index in [0.29, 0.717) is 17.1 Å². The van der Waals surface area contributed by atoms with Crippen molar-refractivity contribution in [1.29, 1.82) is 0 Å². The smallest absolute Gasteiger partial charge is 0.237 e. The number of nitrogens with one attached hydrogen (secondary N) is 1. The number of rotatable bonds is 4. The molecule has 7 heteroatoms. The number of halogens is 2. The quantitative estimate of drug-likeness (QED) is 0.661. The second-order valence-electron chi connectivity index (χ2n) is 3.69. The van der Waals surface area contributed by atoms with E-state index in [0.717, 1.165) is 0 Å². The molecule has 1 atom stereocenters. The van der Waals surface area contributed by atoms with Gasteiger partial charge in [0.2, 0.25) is 5.88 Å². The summed E-state index contributed by atoms with van der Waals surface area (Å²) < 4.78 is 18.6. The summed E-state index contributed by atoms with van der Waals surface area (Å²) in [5, 5.41) is -0.0156. The Labute approximate surface area is 114 Å². The maximum atomic E-state index is 13.5. The minimum Gasteiger partial charge on any atom is -0.480 e. The van der Waals surface area contributed by atoms with Crippen LogP contribution in [0.4, 0.5) is 4.39 Å². The van der Waals surface area contributed by atoms with E-state index >= 15 is 0 Å². The molecule has 3 N–H and O–H groups in total. The third kappa shape index (κ3) is 2.65. The summed E-state index contributed by atoms with van der Waals surface area (Å²) >= 11 is 5.95. The van der Waals surface area contributed by atoms with E-state index in [1.165, 1.54) is 25.6 Å². The highest BCUT2D eigenvalue weighted by Crippen LogP contribution is 2.31. The van der Waals surface area contributed by atoms with Gasteiger partial charge in [-0.25, -0.2) is 14.8 Å². The van der Waals surface area contributed by atoms with Crippen molar-refractivity contribution >= 4 is 11.6 Å². The van der Waals surface area contributed by atoms with Gasteiger partial charge in [0, 0.05) is 12.4 Å². The molecule has 0 aliphatic rings. The van der Waals surface area contributed by atoms with Crippen molar-refractivity contribution in [2.24, 2.45) is 5.84 Å². The predicted molar refractivity (Wildman–Crippen MR) is 69.2 cm³/mol. The van der Waals surface area contributed by atoms with Crippen LogP contribution >= 0.6 is 11.6 Å². The van der Waals surface area contributed by atoms with Crippen molar-refractivity contribution in [2.75, 3.05) is 7.11 Å². The van der Waals surface area contributed by atoms with Gasteiger partial charge >= 0.3 is 0 Å². The number of hydrogen-bond acceptors (Lipinski definition) is 5. The number of benzene rings is 1. The fourth-order valence-corrected chi connectivity index (χ4v) is 1.99. The van der Waals surface area contributed by atoms with E-state index in [-0.39, 0.29) is 5.02 Å². The van der Waals surface area contributed by atoms with Crippen molar-refractivity contribution in [3.8, 4) is 5.88 Å². The molecule has 2 aromatic rings. The van der Waals surface area contributed by atoms with E-state index in [9.17, 15) is 4.39 Å². The largest absolute Gasteiger partial charge is 0.480 e. The third-order valence-electron chi connectivity index (χ3n) is 2.62. The van der Waals surface area contributed by atoms with Crippen LogP contribution in [-0.4, -0.2) is 17.1 Å². The lowest BCUT2D eigenvalue weighted by Crippen LogP contribution is -2.30. The van der Waals surface area contributed by atoms with Gasteiger partial charge in [-0.15, -0.1) is 0 Å². The molecule has 0 saturated carbocycles. The van der Waals surface area contributed by atoms with Gasteiger partial charge in [-0.1, -0.05) is 23.7 Å². The van der Waals surface area contributed by atoms with Gasteiger partial charge < -0.3 is 4.74 Å². The molecule has 100 valence electrons. The molecule has 0 radical (unpaired) electrons. The number of nitrogens with two attached hydrogens (primary N) is 1. The molecule has 2 rings (SSSR count). The summed E-state index contributed by atoms with van der Waals surface area (Å²) in [6.07, 6.45) is 2.98. The molecule has 0 amide bonds. The van der Waals surface area contributed by atoms with E-state index in [4.69, 9.17) is 22.2 Å². The lowest BCUT2D eigenvalue weighted by Gasteiger charge is -2.18. The van der Waals surface area contributed by atoms with Crippen LogP contribution in [0.25, 0.3) is 0 Å². The molecule has 1 aromatic heterocycles. The first-order chi connectivity index (χ1) is 9.19. The number of hydrogen-bond donors (Lipinski definition) is 2. The van der Waals surface area contributed by atoms with Gasteiger partial charge in [0.05, 0.1) is 18.2 Å². The van der Waals surface area contributed by atoms with Gasteiger partial charge in [-0.3, -0.25) is 10.8 Å². The van der Waals surface area contributed by atoms with Crippen molar-refractivity contribution in [3.63, 3.8) is 0 Å². The van der Waals surface area contributed by atoms with E-state index in [2.05, 4.69) is 15.4 Å². The molecular formula is C12H12ClFN4O. The highest BCUT2D eigenvalue weighted by Gasteiger charge is 2.22. The highest BCUT2D eigenvalue weighted by atomic mass is 35.5. The van der Waals surface area contributed by atoms with Crippen LogP contribution in [0.5, 0.6) is 5.88 Å². The third-order valence-corrected chi connectivity index (χ3v) is 3.02. The summed E-state index contributed by atoms with van der Waals surface area (Å²) in [5.74, 6) is 5.30. The number of methoxy groups -OCH3 is 1. The van der Waals surface area contributed by atoms with Gasteiger partial charge in [0.15, 0.2) is 0 Å². The topological polar surface area (TPSA) is 73.1 Å². The van der Waals surface area contributed by atoms with Crippen molar-refractivity contribution in [2.45, 2.75) is 6.04 Å². The lowest BCUT2D eigenvalue weighted by atomic mass is 10.0. The summed E-state index contributed by atoms with van der Waals surface area (Å²) in [7, 11) is 1.47. The zero-order chi connectivity index (χ0) is 13.8. The van der Waals surface area contributed by atoms with E-state index in [1.807, 2.05) is 0 Å². The molecule has 0 aliphatic heterocycles. The summed E-state index contributed by atoms with van der Waals surface area (Å²) in [4.78, 5) is 8.18. The molecule has 0 bridgehead atoms. The standard InChI is InChI=1S/C12H12ClFN4O/c1-19-12-11(16-5-6-17-12)10(18-15)7-3-2-4-8(14)9(7)13/h2-6,10,18H,15H2,1H3. The van der Waals surface area contributed by atoms with Crippen molar-refractivity contribution < 1.29 is 9.13 Å². The molecule has 0 saturated heterocycles. The Morgan fingerprint density at radius 3 is 2.79 bits per heavy atom. The average molecular weight is 283 g/mol. The Hall–Kier alpha value is -1.76. The fraction of sp³-hybridized carbons (Fsp3) is 0.167. The molecule has 5 nitrogen and oxygen atoms in total. The molecule has 0 aliphatic carbocycles. The maximum absolute atomic E-state index is 13.5. The normalized spacial score (nSPS) is 12.2. The molecule has 0 spiro atoms. The van der Waals surface area contributed by atoms with E-state index < -0.39 is 11.9 Å². The number of nitrogens with zero attached hydrogens (tertiary/aromatic N) is 2. The van der Waals surface area contributed by atoms with Gasteiger partial charge in [-0.05, 0) is 11.6 Å². The average Bonchev–Trinajstić information content (AvgIpc) is 2.45. The highest BCUT2D eigenvalue weighted by molar-refractivity contribution is 6.31. The van der Waals surface area contributed by atoms with E-state index in [1.54, 1.807) is 12.1 Å². The zero-order valence-electron chi connectivity index (χ0n) is 10.1. The molecule has 0 fully saturated rings. The number of aromatic nitrogens is 2. The minimum atomic E-state index is -0.619. The SMILES string of the molecule is COc1nccnc1C(NN)c1cccc(F)c1Cl. The second kappa shape index (κ2) is 5.92. The second-order valence-corrected chi connectivity index (χ2v) is 4.07. The van der Waals surface area contributed by atoms with Crippen LogP contribution in [0.1, 0.15) is 17.3 Å². The number of hydrazine groups is 1. The van der Waals surface area contributed by atoms with Crippen LogP contribution in [-0.2, 0) is 0 Å². The first-order valence-corrected chi connectivity index (χ1v) is 5.81. The van der Waals surface area contributed by atoms with Crippen LogP contribution < -0.4 is 16.0 Å². The Morgan fingerprint density at radius 2 is 2.11 bits per heavy atom. The fourth-order valence-electron chi connectivity index (χ4n) is 1.75. The Bertz CT molecular complexity index is 581. The zero-order valence-corrected chi connectivity index (χ0v) is 10.9. The van der Waals surface area contributed by atoms with Crippen LogP contribution in [0.15, 0.2) is 30.6 Å². The predicted octanol–water partition coefficient (Wildman–Crippen LogP) is 1.83. The maximum Gasteiger partial charge on any atom is 0.237 e. The van der Waals surface area contributed by atoms with Gasteiger partial charge in [-0.2, -0.15) is 0 Å². The van der Waals surface area contributed by atoms with Gasteiger partial charge in [0.1, 0.15) is 11.5 Å². The summed E-state index contributed by atoms with van der Waals surface area (Å²) in [5.41, 5.74) is 3.44. The van der Waals surface area contributed by atoms with Crippen molar-refractivity contribution in [1.82, 2.24) is 15.4 Å². The Morgan fingerprint density at radius 1 is 1.37 bits per heavy atom. The van der Waals surface area contributed by atoms with Crippen LogP contribution in [0, 0.1) is 5.82 Å². The van der Waals surface area contributed by atoms with Crippen LogP contribution in [0.3, 0.4) is 0 Å². The minimum absolute atomic E-state index is 0.0156. The molecule has 19 heavy (non-hydrogen) atoms. The van der Waals surface area contributed by atoms with Gasteiger partial charge in [0.25, 0.3) is 0 Å². The molecular weight excluding hydrogens is 271 g/mol. The Balaban J connectivity index is 2.53. The first-order valence-electron chi connectivity index (χ1n) is 5.44. The first kappa shape index (κ1) is 13.7. The lowest BCUT2D eigenvalue weighted by molar-refractivity contribution is 0.383. The van der Waals surface area contributed by atoms with Crippen LogP contribution in [0.2, 0.25) is 5.02 Å². The number of ether oxygens (including phenoxy) is 1. The summed E-state index contributed by atoms with van der Waals surface area (Å²) in [6, 6.07) is 3.85. The molecule has 1 aromatic carbocycles. The van der Waals surface area contributed by atoms with Crippen molar-refractivity contribution in [3.05, 3.63) is 52.7 Å². The Kier molecular flexibility index (Phi) is 4.26. The molecule has 1 unspecified atom stereocenters. The molecule has 1 heterocycles. The summed E-state index contributed by atoms with van der Waals surface area (Å²) in [6.45, 7) is 0. The monoisotopic (exact) mass is 282 g/mol.